The van der Waals surface area contributed by atoms with Gasteiger partial charge in [0.05, 0.1) is 18.8 Å². The first kappa shape index (κ1) is 16.7. The Morgan fingerprint density at radius 3 is 2.29 bits per heavy atom. The lowest BCUT2D eigenvalue weighted by Gasteiger charge is -2.38. The molecule has 3 rings (SSSR count). The second-order valence-electron chi connectivity index (χ2n) is 6.64. The number of nitrogens with zero attached hydrogens (tertiary/aromatic N) is 1. The van der Waals surface area contributed by atoms with Crippen molar-refractivity contribution in [3.63, 3.8) is 0 Å². The minimum absolute atomic E-state index is 0.145. The molecule has 1 saturated heterocycles. The Bertz CT molecular complexity index is 656. The van der Waals surface area contributed by atoms with Crippen LogP contribution in [0.25, 0.3) is 0 Å². The number of hydrogen-bond acceptors (Lipinski definition) is 2. The molecule has 0 aliphatic carbocycles. The maximum absolute atomic E-state index is 12.2. The molecule has 2 aromatic rings. The summed E-state index contributed by atoms with van der Waals surface area (Å²) in [6.45, 7) is 3.67. The SMILES string of the molecule is CC(=O)N1CCCC1(COCc1ccccc1)Cc1ccccc1. The summed E-state index contributed by atoms with van der Waals surface area (Å²) in [5.74, 6) is 0.145. The highest BCUT2D eigenvalue weighted by Gasteiger charge is 2.42. The van der Waals surface area contributed by atoms with Crippen LogP contribution in [0.4, 0.5) is 0 Å². The van der Waals surface area contributed by atoms with Gasteiger partial charge in [-0.05, 0) is 30.4 Å². The van der Waals surface area contributed by atoms with Gasteiger partial charge in [-0.2, -0.15) is 0 Å². The van der Waals surface area contributed by atoms with Gasteiger partial charge in [-0.3, -0.25) is 4.79 Å². The van der Waals surface area contributed by atoms with E-state index in [1.54, 1.807) is 6.92 Å². The Balaban J connectivity index is 1.73. The van der Waals surface area contributed by atoms with Crippen LogP contribution in [0.3, 0.4) is 0 Å². The molecule has 24 heavy (non-hydrogen) atoms. The highest BCUT2D eigenvalue weighted by atomic mass is 16.5. The van der Waals surface area contributed by atoms with Crippen LogP contribution in [0.5, 0.6) is 0 Å². The number of carbonyl (C=O) groups is 1. The maximum Gasteiger partial charge on any atom is 0.219 e. The van der Waals surface area contributed by atoms with Crippen molar-refractivity contribution in [2.45, 2.75) is 38.3 Å². The fraction of sp³-hybridized carbons (Fsp3) is 0.381. The summed E-state index contributed by atoms with van der Waals surface area (Å²) >= 11 is 0. The molecule has 0 spiro atoms. The van der Waals surface area contributed by atoms with Gasteiger partial charge in [0.25, 0.3) is 0 Å². The van der Waals surface area contributed by atoms with E-state index in [1.807, 2.05) is 29.2 Å². The smallest absolute Gasteiger partial charge is 0.219 e. The first-order chi connectivity index (χ1) is 11.7. The summed E-state index contributed by atoms with van der Waals surface area (Å²) in [5.41, 5.74) is 2.20. The van der Waals surface area contributed by atoms with E-state index in [0.717, 1.165) is 25.8 Å². The molecule has 1 unspecified atom stereocenters. The van der Waals surface area contributed by atoms with E-state index in [2.05, 4.69) is 36.4 Å². The number of amides is 1. The standard InChI is InChI=1S/C21H25NO2/c1-18(23)22-14-8-13-21(22,15-19-9-4-2-5-10-19)17-24-16-20-11-6-3-7-12-20/h2-7,9-12H,8,13-17H2,1H3. The topological polar surface area (TPSA) is 29.5 Å². The van der Waals surface area contributed by atoms with Crippen LogP contribution in [0.1, 0.15) is 30.9 Å². The maximum atomic E-state index is 12.2. The lowest BCUT2D eigenvalue weighted by molar-refractivity contribution is -0.135. The zero-order chi connectivity index (χ0) is 16.8. The molecule has 3 nitrogen and oxygen atoms in total. The van der Waals surface area contributed by atoms with Gasteiger partial charge in [0.15, 0.2) is 0 Å². The van der Waals surface area contributed by atoms with Crippen LogP contribution in [0.15, 0.2) is 60.7 Å². The lowest BCUT2D eigenvalue weighted by Crippen LogP contribution is -2.51. The van der Waals surface area contributed by atoms with Gasteiger partial charge in [0.2, 0.25) is 5.91 Å². The van der Waals surface area contributed by atoms with Gasteiger partial charge in [0.1, 0.15) is 0 Å². The van der Waals surface area contributed by atoms with Gasteiger partial charge in [-0.15, -0.1) is 0 Å². The molecule has 1 amide bonds. The molecule has 1 atom stereocenters. The summed E-state index contributed by atoms with van der Waals surface area (Å²) in [6, 6.07) is 20.6. The van der Waals surface area contributed by atoms with Crippen molar-refractivity contribution in [1.82, 2.24) is 4.90 Å². The largest absolute Gasteiger partial charge is 0.374 e. The summed E-state index contributed by atoms with van der Waals surface area (Å²) in [4.78, 5) is 14.2. The third-order valence-corrected chi connectivity index (χ3v) is 4.83. The Morgan fingerprint density at radius 1 is 1.04 bits per heavy atom. The summed E-state index contributed by atoms with van der Waals surface area (Å²) < 4.78 is 6.07. The molecular formula is C21H25NO2. The van der Waals surface area contributed by atoms with Crippen molar-refractivity contribution in [2.24, 2.45) is 0 Å². The molecule has 1 aliphatic heterocycles. The number of ether oxygens (including phenoxy) is 1. The number of likely N-dealkylation sites (tertiary alicyclic amines) is 1. The van der Waals surface area contributed by atoms with Crippen molar-refractivity contribution in [1.29, 1.82) is 0 Å². The van der Waals surface area contributed by atoms with Crippen LogP contribution in [0.2, 0.25) is 0 Å². The van der Waals surface area contributed by atoms with Crippen LogP contribution in [0, 0.1) is 0 Å². The van der Waals surface area contributed by atoms with Crippen LogP contribution in [-0.4, -0.2) is 29.5 Å². The van der Waals surface area contributed by atoms with E-state index in [-0.39, 0.29) is 11.4 Å². The van der Waals surface area contributed by atoms with Crippen molar-refractivity contribution in [3.8, 4) is 0 Å². The van der Waals surface area contributed by atoms with Crippen LogP contribution >= 0.6 is 0 Å². The zero-order valence-electron chi connectivity index (χ0n) is 14.3. The molecule has 2 aromatic carbocycles. The zero-order valence-corrected chi connectivity index (χ0v) is 14.3. The molecule has 3 heteroatoms. The average Bonchev–Trinajstić information content (AvgIpc) is 3.00. The number of carbonyl (C=O) groups excluding carboxylic acids is 1. The van der Waals surface area contributed by atoms with E-state index in [1.165, 1.54) is 11.1 Å². The molecule has 1 heterocycles. The first-order valence-electron chi connectivity index (χ1n) is 8.63. The van der Waals surface area contributed by atoms with Crippen molar-refractivity contribution < 1.29 is 9.53 Å². The third-order valence-electron chi connectivity index (χ3n) is 4.83. The first-order valence-corrected chi connectivity index (χ1v) is 8.63. The average molecular weight is 323 g/mol. The predicted octanol–water partition coefficient (Wildman–Crippen LogP) is 3.83. The van der Waals surface area contributed by atoms with E-state index in [0.29, 0.717) is 13.2 Å². The van der Waals surface area contributed by atoms with Gasteiger partial charge in [-0.1, -0.05) is 60.7 Å². The minimum atomic E-state index is -0.220. The number of hydrogen-bond donors (Lipinski definition) is 0. The van der Waals surface area contributed by atoms with E-state index in [9.17, 15) is 4.79 Å². The Hall–Kier alpha value is -2.13. The van der Waals surface area contributed by atoms with Gasteiger partial charge in [-0.25, -0.2) is 0 Å². The van der Waals surface area contributed by atoms with E-state index >= 15 is 0 Å². The summed E-state index contributed by atoms with van der Waals surface area (Å²) in [6.07, 6.45) is 2.89. The monoisotopic (exact) mass is 323 g/mol. The minimum Gasteiger partial charge on any atom is -0.374 e. The molecular weight excluding hydrogens is 298 g/mol. The molecule has 0 saturated carbocycles. The van der Waals surface area contributed by atoms with Gasteiger partial charge >= 0.3 is 0 Å². The quantitative estimate of drug-likeness (QED) is 0.808. The van der Waals surface area contributed by atoms with E-state index in [4.69, 9.17) is 4.74 Å². The van der Waals surface area contributed by atoms with Crippen LogP contribution in [-0.2, 0) is 22.6 Å². The highest BCUT2D eigenvalue weighted by molar-refractivity contribution is 5.74. The molecule has 1 fully saturated rings. The van der Waals surface area contributed by atoms with Crippen molar-refractivity contribution >= 4 is 5.91 Å². The lowest BCUT2D eigenvalue weighted by atomic mass is 9.88. The number of benzene rings is 2. The van der Waals surface area contributed by atoms with E-state index < -0.39 is 0 Å². The Labute approximate surface area is 144 Å². The fourth-order valence-corrected chi connectivity index (χ4v) is 3.72. The highest BCUT2D eigenvalue weighted by Crippen LogP contribution is 2.33. The number of rotatable bonds is 6. The second kappa shape index (κ2) is 7.63. The second-order valence-corrected chi connectivity index (χ2v) is 6.64. The van der Waals surface area contributed by atoms with Crippen molar-refractivity contribution in [3.05, 3.63) is 71.8 Å². The molecule has 1 aliphatic rings. The third kappa shape index (κ3) is 3.85. The van der Waals surface area contributed by atoms with Crippen molar-refractivity contribution in [2.75, 3.05) is 13.2 Å². The van der Waals surface area contributed by atoms with Crippen LogP contribution < -0.4 is 0 Å². The molecule has 126 valence electrons. The Kier molecular flexibility index (Phi) is 5.31. The summed E-state index contributed by atoms with van der Waals surface area (Å²) in [5, 5.41) is 0. The van der Waals surface area contributed by atoms with Gasteiger partial charge < -0.3 is 9.64 Å². The molecule has 0 aromatic heterocycles. The van der Waals surface area contributed by atoms with Gasteiger partial charge in [0, 0.05) is 13.5 Å². The summed E-state index contributed by atoms with van der Waals surface area (Å²) in [7, 11) is 0. The fourth-order valence-electron chi connectivity index (χ4n) is 3.72. The predicted molar refractivity (Wildman–Crippen MR) is 95.6 cm³/mol. The normalized spacial score (nSPS) is 20.3. The Morgan fingerprint density at radius 2 is 1.67 bits per heavy atom. The molecule has 0 N–H and O–H groups in total. The molecule has 0 radical (unpaired) electrons. The molecule has 0 bridgehead atoms.